The molecule has 0 aliphatic heterocycles. The van der Waals surface area contributed by atoms with Crippen LogP contribution in [0.15, 0.2) is 18.6 Å². The van der Waals surface area contributed by atoms with Gasteiger partial charge in [-0.1, -0.05) is 19.3 Å². The number of urea groups is 1. The highest BCUT2D eigenvalue weighted by Gasteiger charge is 2.25. The van der Waals surface area contributed by atoms with Gasteiger partial charge in [0.1, 0.15) is 12.1 Å². The lowest BCUT2D eigenvalue weighted by Gasteiger charge is -2.34. The number of carbonyl (C=O) groups is 1. The monoisotopic (exact) mass is 262 g/mol. The molecule has 0 radical (unpaired) electrons. The van der Waals surface area contributed by atoms with Crippen molar-refractivity contribution >= 4 is 11.8 Å². The Morgan fingerprint density at radius 2 is 2.16 bits per heavy atom. The van der Waals surface area contributed by atoms with Crippen molar-refractivity contribution in [3.8, 4) is 0 Å². The minimum Gasteiger partial charge on any atom is -0.325 e. The quantitative estimate of drug-likeness (QED) is 0.911. The van der Waals surface area contributed by atoms with Crippen molar-refractivity contribution in [2.45, 2.75) is 45.1 Å². The molecule has 0 bridgehead atoms. The molecule has 1 aliphatic rings. The van der Waals surface area contributed by atoms with E-state index >= 15 is 0 Å². The SMILES string of the molecule is CC(C1CCCCC1)N(C)C(=O)Nc1ccncn1. The molecule has 0 aromatic carbocycles. The molecule has 1 atom stereocenters. The molecule has 1 saturated carbocycles. The van der Waals surface area contributed by atoms with Gasteiger partial charge >= 0.3 is 6.03 Å². The van der Waals surface area contributed by atoms with E-state index in [1.807, 2.05) is 7.05 Å². The molecular weight excluding hydrogens is 240 g/mol. The second-order valence-electron chi connectivity index (χ2n) is 5.27. The van der Waals surface area contributed by atoms with Crippen LogP contribution in [0.4, 0.5) is 10.6 Å². The molecule has 5 nitrogen and oxygen atoms in total. The third-order valence-electron chi connectivity index (χ3n) is 4.08. The van der Waals surface area contributed by atoms with Crippen molar-refractivity contribution in [3.63, 3.8) is 0 Å². The summed E-state index contributed by atoms with van der Waals surface area (Å²) in [6.07, 6.45) is 9.42. The van der Waals surface area contributed by atoms with Gasteiger partial charge in [-0.3, -0.25) is 5.32 Å². The fraction of sp³-hybridized carbons (Fsp3) is 0.643. The van der Waals surface area contributed by atoms with Crippen LogP contribution in [0.3, 0.4) is 0 Å². The first-order valence-electron chi connectivity index (χ1n) is 6.98. The maximum atomic E-state index is 12.2. The minimum absolute atomic E-state index is 0.100. The van der Waals surface area contributed by atoms with Crippen molar-refractivity contribution in [2.24, 2.45) is 5.92 Å². The summed E-state index contributed by atoms with van der Waals surface area (Å²) in [6.45, 7) is 2.13. The van der Waals surface area contributed by atoms with Gasteiger partial charge in [0.2, 0.25) is 0 Å². The highest BCUT2D eigenvalue weighted by molar-refractivity contribution is 5.88. The van der Waals surface area contributed by atoms with Gasteiger partial charge in [0.15, 0.2) is 0 Å². The molecule has 5 heteroatoms. The van der Waals surface area contributed by atoms with Gasteiger partial charge in [-0.25, -0.2) is 14.8 Å². The van der Waals surface area contributed by atoms with Crippen LogP contribution in [-0.2, 0) is 0 Å². The van der Waals surface area contributed by atoms with Crippen LogP contribution in [0.25, 0.3) is 0 Å². The Kier molecular flexibility index (Phi) is 4.71. The Morgan fingerprint density at radius 1 is 1.42 bits per heavy atom. The molecular formula is C14H22N4O. The molecule has 2 amide bonds. The maximum absolute atomic E-state index is 12.2. The Labute approximate surface area is 114 Å². The third-order valence-corrected chi connectivity index (χ3v) is 4.08. The Balaban J connectivity index is 1.90. The van der Waals surface area contributed by atoms with Crippen LogP contribution >= 0.6 is 0 Å². The van der Waals surface area contributed by atoms with Crippen LogP contribution in [0.2, 0.25) is 0 Å². The highest BCUT2D eigenvalue weighted by Crippen LogP contribution is 2.28. The van der Waals surface area contributed by atoms with Crippen LogP contribution in [0, 0.1) is 5.92 Å². The van der Waals surface area contributed by atoms with Crippen LogP contribution < -0.4 is 5.32 Å². The maximum Gasteiger partial charge on any atom is 0.323 e. The first-order valence-corrected chi connectivity index (χ1v) is 6.98. The Hall–Kier alpha value is -1.65. The van der Waals surface area contributed by atoms with E-state index in [2.05, 4.69) is 22.2 Å². The van der Waals surface area contributed by atoms with E-state index in [1.165, 1.54) is 38.4 Å². The van der Waals surface area contributed by atoms with Crippen molar-refractivity contribution in [2.75, 3.05) is 12.4 Å². The van der Waals surface area contributed by atoms with Crippen LogP contribution in [0.1, 0.15) is 39.0 Å². The highest BCUT2D eigenvalue weighted by atomic mass is 16.2. The van der Waals surface area contributed by atoms with Crippen molar-refractivity contribution in [3.05, 3.63) is 18.6 Å². The van der Waals surface area contributed by atoms with E-state index in [9.17, 15) is 4.79 Å². The standard InChI is InChI=1S/C14H22N4O/c1-11(12-6-4-3-5-7-12)18(2)14(19)17-13-8-9-15-10-16-13/h8-12H,3-7H2,1-2H3,(H,15,16,17,19). The fourth-order valence-electron chi connectivity index (χ4n) is 2.68. The van der Waals surface area contributed by atoms with Crippen molar-refractivity contribution in [1.29, 1.82) is 0 Å². The topological polar surface area (TPSA) is 58.1 Å². The first kappa shape index (κ1) is 13.8. The van der Waals surface area contributed by atoms with Crippen LogP contribution in [-0.4, -0.2) is 34.0 Å². The fourth-order valence-corrected chi connectivity index (χ4v) is 2.68. The third kappa shape index (κ3) is 3.66. The predicted molar refractivity (Wildman–Crippen MR) is 74.9 cm³/mol. The number of rotatable bonds is 3. The summed E-state index contributed by atoms with van der Waals surface area (Å²) in [4.78, 5) is 21.8. The summed E-state index contributed by atoms with van der Waals surface area (Å²) in [6, 6.07) is 1.86. The molecule has 0 saturated heterocycles. The van der Waals surface area contributed by atoms with E-state index in [-0.39, 0.29) is 12.1 Å². The number of carbonyl (C=O) groups excluding carboxylic acids is 1. The smallest absolute Gasteiger partial charge is 0.323 e. The van der Waals surface area contributed by atoms with Crippen LogP contribution in [0.5, 0.6) is 0 Å². The molecule has 104 valence electrons. The lowest BCUT2D eigenvalue weighted by atomic mass is 9.84. The summed E-state index contributed by atoms with van der Waals surface area (Å²) in [5.74, 6) is 1.16. The zero-order valence-electron chi connectivity index (χ0n) is 11.7. The van der Waals surface area contributed by atoms with Gasteiger partial charge < -0.3 is 4.90 Å². The Bertz CT molecular complexity index is 403. The molecule has 1 unspecified atom stereocenters. The van der Waals surface area contributed by atoms with Gasteiger partial charge in [0.05, 0.1) is 0 Å². The van der Waals surface area contributed by atoms with E-state index in [1.54, 1.807) is 17.2 Å². The lowest BCUT2D eigenvalue weighted by Crippen LogP contribution is -2.42. The molecule has 1 fully saturated rings. The van der Waals surface area contributed by atoms with Gasteiger partial charge in [-0.05, 0) is 31.7 Å². The lowest BCUT2D eigenvalue weighted by molar-refractivity contribution is 0.167. The van der Waals surface area contributed by atoms with Gasteiger partial charge in [0, 0.05) is 19.3 Å². The summed E-state index contributed by atoms with van der Waals surface area (Å²) >= 11 is 0. The minimum atomic E-state index is -0.100. The zero-order valence-corrected chi connectivity index (χ0v) is 11.7. The molecule has 0 spiro atoms. The summed E-state index contributed by atoms with van der Waals surface area (Å²) in [5, 5.41) is 2.80. The predicted octanol–water partition coefficient (Wildman–Crippen LogP) is 2.91. The number of hydrogen-bond acceptors (Lipinski definition) is 3. The molecule has 19 heavy (non-hydrogen) atoms. The van der Waals surface area contributed by atoms with Gasteiger partial charge in [-0.15, -0.1) is 0 Å². The first-order chi connectivity index (χ1) is 9.18. The molecule has 1 N–H and O–H groups in total. The average Bonchev–Trinajstić information content (AvgIpc) is 2.47. The molecule has 1 aromatic heterocycles. The number of anilines is 1. The second kappa shape index (κ2) is 6.50. The van der Waals surface area contributed by atoms with E-state index in [4.69, 9.17) is 0 Å². The van der Waals surface area contributed by atoms with Gasteiger partial charge in [-0.2, -0.15) is 0 Å². The number of hydrogen-bond donors (Lipinski definition) is 1. The van der Waals surface area contributed by atoms with E-state index in [0.29, 0.717) is 11.7 Å². The van der Waals surface area contributed by atoms with Crippen molar-refractivity contribution < 1.29 is 4.79 Å². The average molecular weight is 262 g/mol. The number of nitrogens with one attached hydrogen (secondary N) is 1. The molecule has 2 rings (SSSR count). The normalized spacial score (nSPS) is 17.8. The molecule has 1 aromatic rings. The van der Waals surface area contributed by atoms with E-state index in [0.717, 1.165) is 0 Å². The number of aromatic nitrogens is 2. The summed E-state index contributed by atoms with van der Waals surface area (Å²) < 4.78 is 0. The van der Waals surface area contributed by atoms with Gasteiger partial charge in [0.25, 0.3) is 0 Å². The summed E-state index contributed by atoms with van der Waals surface area (Å²) in [7, 11) is 1.86. The second-order valence-corrected chi connectivity index (χ2v) is 5.27. The van der Waals surface area contributed by atoms with E-state index < -0.39 is 0 Å². The number of amides is 2. The van der Waals surface area contributed by atoms with Crippen molar-refractivity contribution in [1.82, 2.24) is 14.9 Å². The largest absolute Gasteiger partial charge is 0.325 e. The zero-order chi connectivity index (χ0) is 13.7. The molecule has 1 aliphatic carbocycles. The Morgan fingerprint density at radius 3 is 2.79 bits per heavy atom. The number of nitrogens with zero attached hydrogens (tertiary/aromatic N) is 3. The molecule has 1 heterocycles. The summed E-state index contributed by atoms with van der Waals surface area (Å²) in [5.41, 5.74) is 0.